The molecule has 0 bridgehead atoms. The van der Waals surface area contributed by atoms with Crippen LogP contribution >= 0.6 is 0 Å². The van der Waals surface area contributed by atoms with Gasteiger partial charge in [0, 0.05) is 12.6 Å². The van der Waals surface area contributed by atoms with Gasteiger partial charge >= 0.3 is 5.97 Å². The van der Waals surface area contributed by atoms with Crippen molar-refractivity contribution in [2.75, 3.05) is 19.8 Å². The Morgan fingerprint density at radius 2 is 2.33 bits per heavy atom. The lowest BCUT2D eigenvalue weighted by Gasteiger charge is -2.32. The van der Waals surface area contributed by atoms with Gasteiger partial charge in [-0.15, -0.1) is 0 Å². The maximum atomic E-state index is 11.0. The zero-order chi connectivity index (χ0) is 10.8. The lowest BCUT2D eigenvalue weighted by atomic mass is 10.0. The van der Waals surface area contributed by atoms with E-state index < -0.39 is 5.97 Å². The van der Waals surface area contributed by atoms with Crippen LogP contribution in [0.4, 0.5) is 0 Å². The van der Waals surface area contributed by atoms with Crippen LogP contribution in [0.25, 0.3) is 0 Å². The van der Waals surface area contributed by atoms with E-state index in [1.807, 2.05) is 0 Å². The van der Waals surface area contributed by atoms with Crippen molar-refractivity contribution in [3.8, 4) is 0 Å². The molecule has 0 spiro atoms. The molecular formula is C11H19NO3. The van der Waals surface area contributed by atoms with Crippen molar-refractivity contribution in [2.24, 2.45) is 5.92 Å². The first kappa shape index (κ1) is 10.9. The molecule has 1 saturated heterocycles. The highest BCUT2D eigenvalue weighted by Crippen LogP contribution is 2.32. The molecule has 0 radical (unpaired) electrons. The number of hydrogen-bond donors (Lipinski definition) is 1. The van der Waals surface area contributed by atoms with Crippen molar-refractivity contribution in [1.82, 2.24) is 4.90 Å². The summed E-state index contributed by atoms with van der Waals surface area (Å²) in [7, 11) is 0. The number of hydrogen-bond acceptors (Lipinski definition) is 3. The van der Waals surface area contributed by atoms with E-state index >= 15 is 0 Å². The Labute approximate surface area is 90.2 Å². The van der Waals surface area contributed by atoms with Gasteiger partial charge in [-0.3, -0.25) is 9.69 Å². The molecule has 0 amide bonds. The standard InChI is InChI=1S/C11H19NO3/c1-8(11(13)14)12-5-6-15-7-9-3-2-4-10(9)12/h8-10H,2-7H2,1H3,(H,13,14)/t8-,9-,10+/m1/s1. The summed E-state index contributed by atoms with van der Waals surface area (Å²) in [5, 5.41) is 9.06. The summed E-state index contributed by atoms with van der Waals surface area (Å²) in [5.74, 6) is -0.170. The lowest BCUT2D eigenvalue weighted by molar-refractivity contribution is -0.143. The van der Waals surface area contributed by atoms with Gasteiger partial charge in [-0.25, -0.2) is 0 Å². The molecule has 1 heterocycles. The van der Waals surface area contributed by atoms with Crippen LogP contribution in [0.2, 0.25) is 0 Å². The molecule has 2 rings (SSSR count). The van der Waals surface area contributed by atoms with Crippen LogP contribution < -0.4 is 0 Å². The Morgan fingerprint density at radius 1 is 1.53 bits per heavy atom. The minimum absolute atomic E-state index is 0.378. The largest absolute Gasteiger partial charge is 0.480 e. The Kier molecular flexibility index (Phi) is 3.26. The van der Waals surface area contributed by atoms with Crippen molar-refractivity contribution >= 4 is 5.97 Å². The fraction of sp³-hybridized carbons (Fsp3) is 0.909. The molecule has 1 aliphatic heterocycles. The fourth-order valence-electron chi connectivity index (χ4n) is 2.84. The number of ether oxygens (including phenoxy) is 1. The quantitative estimate of drug-likeness (QED) is 0.742. The summed E-state index contributed by atoms with van der Waals surface area (Å²) < 4.78 is 5.53. The smallest absolute Gasteiger partial charge is 0.320 e. The predicted molar refractivity (Wildman–Crippen MR) is 55.8 cm³/mol. The molecule has 0 aromatic heterocycles. The third kappa shape index (κ3) is 2.16. The summed E-state index contributed by atoms with van der Waals surface area (Å²) in [5.41, 5.74) is 0. The molecule has 0 unspecified atom stereocenters. The molecule has 0 aromatic carbocycles. The topological polar surface area (TPSA) is 49.8 Å². The van der Waals surface area contributed by atoms with Gasteiger partial charge in [0.1, 0.15) is 6.04 Å². The average Bonchev–Trinajstić information content (AvgIpc) is 2.57. The van der Waals surface area contributed by atoms with Gasteiger partial charge in [-0.2, -0.15) is 0 Å². The molecule has 4 heteroatoms. The average molecular weight is 213 g/mol. The van der Waals surface area contributed by atoms with Crippen LogP contribution in [0, 0.1) is 5.92 Å². The van der Waals surface area contributed by atoms with Crippen LogP contribution in [-0.4, -0.2) is 47.8 Å². The number of rotatable bonds is 2. The second-order valence-electron chi connectivity index (χ2n) is 4.59. The summed E-state index contributed by atoms with van der Waals surface area (Å²) in [6.07, 6.45) is 3.53. The SMILES string of the molecule is C[C@H](C(=O)O)N1CCOC[C@H]2CCC[C@@H]21. The van der Waals surface area contributed by atoms with E-state index in [2.05, 4.69) is 4.90 Å². The second-order valence-corrected chi connectivity index (χ2v) is 4.59. The fourth-order valence-corrected chi connectivity index (χ4v) is 2.84. The summed E-state index contributed by atoms with van der Waals surface area (Å²) in [6, 6.07) is 0.0518. The van der Waals surface area contributed by atoms with E-state index in [0.29, 0.717) is 18.6 Å². The first-order chi connectivity index (χ1) is 7.20. The van der Waals surface area contributed by atoms with Gasteiger partial charge < -0.3 is 9.84 Å². The second kappa shape index (κ2) is 4.49. The van der Waals surface area contributed by atoms with Crippen LogP contribution in [0.5, 0.6) is 0 Å². The van der Waals surface area contributed by atoms with Gasteiger partial charge in [-0.05, 0) is 25.7 Å². The highest BCUT2D eigenvalue weighted by molar-refractivity contribution is 5.72. The summed E-state index contributed by atoms with van der Waals surface area (Å²) in [6.45, 7) is 4.02. The van der Waals surface area contributed by atoms with Crippen molar-refractivity contribution in [3.05, 3.63) is 0 Å². The van der Waals surface area contributed by atoms with Gasteiger partial charge in [0.15, 0.2) is 0 Å². The number of fused-ring (bicyclic) bond motifs is 1. The minimum atomic E-state index is -0.720. The maximum absolute atomic E-state index is 11.0. The number of nitrogens with zero attached hydrogens (tertiary/aromatic N) is 1. The first-order valence-electron chi connectivity index (χ1n) is 5.76. The van der Waals surface area contributed by atoms with Crippen molar-refractivity contribution in [1.29, 1.82) is 0 Å². The summed E-state index contributed by atoms with van der Waals surface area (Å²) >= 11 is 0. The van der Waals surface area contributed by atoms with E-state index in [1.54, 1.807) is 6.92 Å². The molecule has 1 saturated carbocycles. The predicted octanol–water partition coefficient (Wildman–Crippen LogP) is 0.960. The third-order valence-electron chi connectivity index (χ3n) is 3.73. The highest BCUT2D eigenvalue weighted by Gasteiger charge is 2.37. The van der Waals surface area contributed by atoms with Crippen LogP contribution in [0.1, 0.15) is 26.2 Å². The van der Waals surface area contributed by atoms with Crippen molar-refractivity contribution in [3.63, 3.8) is 0 Å². The zero-order valence-corrected chi connectivity index (χ0v) is 9.19. The Balaban J connectivity index is 2.10. The van der Waals surface area contributed by atoms with Crippen LogP contribution in [0.3, 0.4) is 0 Å². The molecule has 4 nitrogen and oxygen atoms in total. The monoisotopic (exact) mass is 213 g/mol. The Morgan fingerprint density at radius 3 is 3.07 bits per heavy atom. The normalized spacial score (nSPS) is 34.5. The Bertz CT molecular complexity index is 244. The van der Waals surface area contributed by atoms with E-state index in [9.17, 15) is 4.79 Å². The number of carbonyl (C=O) groups is 1. The molecular weight excluding hydrogens is 194 g/mol. The van der Waals surface area contributed by atoms with Gasteiger partial charge in [-0.1, -0.05) is 6.42 Å². The number of carboxylic acid groups (broad SMARTS) is 1. The third-order valence-corrected chi connectivity index (χ3v) is 3.73. The van der Waals surface area contributed by atoms with E-state index in [0.717, 1.165) is 19.6 Å². The molecule has 0 aromatic rings. The lowest BCUT2D eigenvalue weighted by Crippen LogP contribution is -2.47. The molecule has 3 atom stereocenters. The number of carboxylic acids is 1. The molecule has 1 aliphatic carbocycles. The molecule has 2 fully saturated rings. The van der Waals surface area contributed by atoms with Crippen LogP contribution in [-0.2, 0) is 9.53 Å². The zero-order valence-electron chi connectivity index (χ0n) is 9.19. The molecule has 86 valence electrons. The van der Waals surface area contributed by atoms with E-state index in [4.69, 9.17) is 9.84 Å². The van der Waals surface area contributed by atoms with Crippen molar-refractivity contribution < 1.29 is 14.6 Å². The minimum Gasteiger partial charge on any atom is -0.480 e. The summed E-state index contributed by atoms with van der Waals surface area (Å²) in [4.78, 5) is 13.1. The molecule has 2 aliphatic rings. The van der Waals surface area contributed by atoms with E-state index in [-0.39, 0.29) is 6.04 Å². The maximum Gasteiger partial charge on any atom is 0.320 e. The Hall–Kier alpha value is -0.610. The van der Waals surface area contributed by atoms with Gasteiger partial charge in [0.2, 0.25) is 0 Å². The number of aliphatic carboxylic acids is 1. The van der Waals surface area contributed by atoms with Crippen LogP contribution in [0.15, 0.2) is 0 Å². The van der Waals surface area contributed by atoms with E-state index in [1.165, 1.54) is 12.8 Å². The van der Waals surface area contributed by atoms with Crippen molar-refractivity contribution in [2.45, 2.75) is 38.3 Å². The molecule has 1 N–H and O–H groups in total. The highest BCUT2D eigenvalue weighted by atomic mass is 16.5. The molecule has 15 heavy (non-hydrogen) atoms. The van der Waals surface area contributed by atoms with Gasteiger partial charge in [0.05, 0.1) is 13.2 Å². The van der Waals surface area contributed by atoms with Gasteiger partial charge in [0.25, 0.3) is 0 Å². The first-order valence-corrected chi connectivity index (χ1v) is 5.76.